The van der Waals surface area contributed by atoms with E-state index < -0.39 is 0 Å². The van der Waals surface area contributed by atoms with Crippen molar-refractivity contribution >= 4 is 11.6 Å². The maximum atomic E-state index is 12.2. The van der Waals surface area contributed by atoms with Crippen LogP contribution in [0.1, 0.15) is 27.6 Å². The van der Waals surface area contributed by atoms with Crippen LogP contribution in [0.25, 0.3) is 11.3 Å². The first-order chi connectivity index (χ1) is 11.0. The molecule has 1 heterocycles. The molecule has 1 aromatic heterocycles. The monoisotopic (exact) mass is 306 g/mol. The first kappa shape index (κ1) is 15.0. The van der Waals surface area contributed by atoms with Crippen LogP contribution in [0.15, 0.2) is 52.9 Å². The Morgan fingerprint density at radius 3 is 2.39 bits per heavy atom. The van der Waals surface area contributed by atoms with Gasteiger partial charge in [-0.05, 0) is 38.1 Å². The highest BCUT2D eigenvalue weighted by Gasteiger charge is 2.10. The summed E-state index contributed by atoms with van der Waals surface area (Å²) in [4.78, 5) is 16.6. The second-order valence-corrected chi connectivity index (χ2v) is 5.54. The van der Waals surface area contributed by atoms with E-state index in [-0.39, 0.29) is 5.91 Å². The number of amides is 1. The molecule has 0 saturated carbocycles. The quantitative estimate of drug-likeness (QED) is 0.774. The van der Waals surface area contributed by atoms with Crippen LogP contribution in [0.3, 0.4) is 0 Å². The van der Waals surface area contributed by atoms with Crippen LogP contribution in [0.5, 0.6) is 0 Å². The van der Waals surface area contributed by atoms with Crippen molar-refractivity contribution in [3.05, 3.63) is 71.3 Å². The topological polar surface area (TPSA) is 55.1 Å². The Balaban J connectivity index is 1.77. The van der Waals surface area contributed by atoms with E-state index in [0.717, 1.165) is 28.3 Å². The number of nitrogens with zero attached hydrogens (tertiary/aromatic N) is 1. The molecule has 3 aromatic rings. The third-order valence-electron chi connectivity index (χ3n) is 3.60. The van der Waals surface area contributed by atoms with Gasteiger partial charge in [0.05, 0.1) is 0 Å². The fourth-order valence-electron chi connectivity index (χ4n) is 2.50. The molecule has 1 amide bonds. The van der Waals surface area contributed by atoms with E-state index in [1.54, 1.807) is 6.07 Å². The fraction of sp³-hybridized carbons (Fsp3) is 0.158. The minimum atomic E-state index is -0.116. The number of aryl methyl sites for hydroxylation is 3. The fourth-order valence-corrected chi connectivity index (χ4v) is 2.50. The summed E-state index contributed by atoms with van der Waals surface area (Å²) in [6, 6.07) is 15.1. The second-order valence-electron chi connectivity index (χ2n) is 5.54. The van der Waals surface area contributed by atoms with Crippen molar-refractivity contribution in [1.82, 2.24) is 4.98 Å². The molecule has 4 heteroatoms. The van der Waals surface area contributed by atoms with E-state index in [9.17, 15) is 4.79 Å². The predicted molar refractivity (Wildman–Crippen MR) is 90.5 cm³/mol. The van der Waals surface area contributed by atoms with Gasteiger partial charge in [0, 0.05) is 23.7 Å². The number of carbonyl (C=O) groups excluding carboxylic acids is 1. The highest BCUT2D eigenvalue weighted by Crippen LogP contribution is 2.24. The van der Waals surface area contributed by atoms with E-state index in [1.807, 2.05) is 63.2 Å². The van der Waals surface area contributed by atoms with Crippen molar-refractivity contribution in [3.63, 3.8) is 0 Å². The van der Waals surface area contributed by atoms with Crippen molar-refractivity contribution in [3.8, 4) is 11.3 Å². The van der Waals surface area contributed by atoms with E-state index >= 15 is 0 Å². The molecule has 23 heavy (non-hydrogen) atoms. The first-order valence-corrected chi connectivity index (χ1v) is 7.45. The molecule has 2 aromatic carbocycles. The van der Waals surface area contributed by atoms with Crippen LogP contribution in [-0.2, 0) is 0 Å². The van der Waals surface area contributed by atoms with Crippen molar-refractivity contribution in [2.45, 2.75) is 20.8 Å². The first-order valence-electron chi connectivity index (χ1n) is 7.45. The maximum Gasteiger partial charge on any atom is 0.255 e. The van der Waals surface area contributed by atoms with Gasteiger partial charge in [0.2, 0.25) is 0 Å². The third-order valence-corrected chi connectivity index (χ3v) is 3.60. The highest BCUT2D eigenvalue weighted by molar-refractivity contribution is 6.04. The smallest absolute Gasteiger partial charge is 0.255 e. The molecule has 1 N–H and O–H groups in total. The lowest BCUT2D eigenvalue weighted by Gasteiger charge is -2.07. The number of benzene rings is 2. The molecular weight excluding hydrogens is 288 g/mol. The zero-order valence-electron chi connectivity index (χ0n) is 13.4. The lowest BCUT2D eigenvalue weighted by molar-refractivity contribution is 0.102. The Morgan fingerprint density at radius 1 is 1.04 bits per heavy atom. The molecule has 0 aliphatic carbocycles. The van der Waals surface area contributed by atoms with E-state index in [1.165, 1.54) is 0 Å². The van der Waals surface area contributed by atoms with E-state index in [2.05, 4.69) is 10.3 Å². The molecule has 0 bridgehead atoms. The number of hydrogen-bond acceptors (Lipinski definition) is 3. The number of oxazole rings is 1. The van der Waals surface area contributed by atoms with Gasteiger partial charge in [0.1, 0.15) is 11.5 Å². The number of nitrogens with one attached hydrogen (secondary N) is 1. The van der Waals surface area contributed by atoms with Gasteiger partial charge in [-0.3, -0.25) is 4.79 Å². The van der Waals surface area contributed by atoms with Crippen LogP contribution in [0.4, 0.5) is 5.69 Å². The minimum Gasteiger partial charge on any atom is -0.446 e. The Kier molecular flexibility index (Phi) is 3.98. The summed E-state index contributed by atoms with van der Waals surface area (Å²) < 4.78 is 5.45. The Bertz CT molecular complexity index is 848. The predicted octanol–water partition coefficient (Wildman–Crippen LogP) is 4.52. The molecule has 116 valence electrons. The average Bonchev–Trinajstić information content (AvgIpc) is 2.86. The number of rotatable bonds is 3. The van der Waals surface area contributed by atoms with Gasteiger partial charge in [-0.25, -0.2) is 4.98 Å². The Labute approximate surface area is 135 Å². The molecule has 0 saturated heterocycles. The van der Waals surface area contributed by atoms with Crippen molar-refractivity contribution in [2.75, 3.05) is 5.32 Å². The molecule has 4 nitrogen and oxygen atoms in total. The van der Waals surface area contributed by atoms with E-state index in [0.29, 0.717) is 11.5 Å². The summed E-state index contributed by atoms with van der Waals surface area (Å²) in [5.74, 6) is 1.32. The minimum absolute atomic E-state index is 0.116. The lowest BCUT2D eigenvalue weighted by atomic mass is 10.1. The average molecular weight is 306 g/mol. The number of aromatic nitrogens is 1. The zero-order chi connectivity index (χ0) is 16.4. The molecule has 0 fully saturated rings. The standard InChI is InChI=1S/C19H18N2O2/c1-12-5-4-6-16(11-12)19(22)21-17-9-7-15(8-10-17)18-13(2)23-14(3)20-18/h4-11H,1-3H3,(H,21,22). The zero-order valence-corrected chi connectivity index (χ0v) is 13.4. The third kappa shape index (κ3) is 3.31. The Morgan fingerprint density at radius 2 is 1.78 bits per heavy atom. The maximum absolute atomic E-state index is 12.2. The van der Waals surface area contributed by atoms with E-state index in [4.69, 9.17) is 4.42 Å². The summed E-state index contributed by atoms with van der Waals surface area (Å²) in [5.41, 5.74) is 4.26. The molecule has 0 aliphatic heterocycles. The summed E-state index contributed by atoms with van der Waals surface area (Å²) >= 11 is 0. The largest absolute Gasteiger partial charge is 0.446 e. The van der Waals surface area contributed by atoms with Crippen molar-refractivity contribution < 1.29 is 9.21 Å². The molecule has 0 radical (unpaired) electrons. The summed E-state index contributed by atoms with van der Waals surface area (Å²) in [6.45, 7) is 5.68. The van der Waals surface area contributed by atoms with Crippen molar-refractivity contribution in [1.29, 1.82) is 0 Å². The number of hydrogen-bond donors (Lipinski definition) is 1. The van der Waals surface area contributed by atoms with Gasteiger partial charge in [-0.15, -0.1) is 0 Å². The number of anilines is 1. The lowest BCUT2D eigenvalue weighted by Crippen LogP contribution is -2.11. The van der Waals surface area contributed by atoms with Gasteiger partial charge >= 0.3 is 0 Å². The summed E-state index contributed by atoms with van der Waals surface area (Å²) in [5, 5.41) is 2.90. The van der Waals surface area contributed by atoms with Crippen LogP contribution in [0.2, 0.25) is 0 Å². The molecule has 0 atom stereocenters. The second kappa shape index (κ2) is 6.08. The van der Waals surface area contributed by atoms with Gasteiger partial charge in [-0.1, -0.05) is 29.8 Å². The molecule has 0 spiro atoms. The van der Waals surface area contributed by atoms with Crippen LogP contribution in [0, 0.1) is 20.8 Å². The number of carbonyl (C=O) groups is 1. The van der Waals surface area contributed by atoms with Crippen LogP contribution in [-0.4, -0.2) is 10.9 Å². The van der Waals surface area contributed by atoms with Gasteiger partial charge in [0.15, 0.2) is 5.89 Å². The molecule has 3 rings (SSSR count). The van der Waals surface area contributed by atoms with Gasteiger partial charge in [0.25, 0.3) is 5.91 Å². The summed E-state index contributed by atoms with van der Waals surface area (Å²) in [6.07, 6.45) is 0. The SMILES string of the molecule is Cc1cccc(C(=O)Nc2ccc(-c3nc(C)oc3C)cc2)c1. The van der Waals surface area contributed by atoms with Crippen LogP contribution < -0.4 is 5.32 Å². The molecular formula is C19H18N2O2. The highest BCUT2D eigenvalue weighted by atomic mass is 16.4. The van der Waals surface area contributed by atoms with Gasteiger partial charge < -0.3 is 9.73 Å². The molecule has 0 unspecified atom stereocenters. The van der Waals surface area contributed by atoms with Crippen molar-refractivity contribution in [2.24, 2.45) is 0 Å². The normalized spacial score (nSPS) is 10.6. The van der Waals surface area contributed by atoms with Crippen LogP contribution >= 0.6 is 0 Å². The molecule has 0 aliphatic rings. The van der Waals surface area contributed by atoms with Gasteiger partial charge in [-0.2, -0.15) is 0 Å². The summed E-state index contributed by atoms with van der Waals surface area (Å²) in [7, 11) is 0. The Hall–Kier alpha value is -2.88.